The Morgan fingerprint density at radius 3 is 1.12 bits per heavy atom. The predicted octanol–water partition coefficient (Wildman–Crippen LogP) is -2.65. The van der Waals surface area contributed by atoms with Crippen molar-refractivity contribution < 1.29 is 24.0 Å². The Morgan fingerprint density at radius 2 is 1.12 bits per heavy atom. The Kier molecular flexibility index (Phi) is 16.4. The first-order valence-electron chi connectivity index (χ1n) is 2.70. The Balaban J connectivity index is -0.0000000750. The van der Waals surface area contributed by atoms with E-state index in [1.165, 1.54) is 0 Å². The van der Waals surface area contributed by atoms with Crippen LogP contribution in [0.1, 0.15) is 20.8 Å². The van der Waals surface area contributed by atoms with Gasteiger partial charge in [0, 0.05) is 0 Å². The number of hydrogen-bond donors (Lipinski definition) is 0. The molecular weight excluding hydrogens is 89.9 g/mol. The molecule has 0 saturated carbocycles. The van der Waals surface area contributed by atoms with Crippen molar-refractivity contribution in [1.82, 2.24) is 0 Å². The van der Waals surface area contributed by atoms with Crippen LogP contribution in [0.15, 0.2) is 0 Å². The van der Waals surface area contributed by atoms with Crippen LogP contribution in [-0.4, -0.2) is 23.3 Å². The van der Waals surface area contributed by atoms with Crippen molar-refractivity contribution in [3.63, 3.8) is 0 Å². The predicted molar refractivity (Wildman–Crippen MR) is 31.4 cm³/mol. The zero-order valence-electron chi connectivity index (χ0n) is 6.91. The van der Waals surface area contributed by atoms with Crippen molar-refractivity contribution in [2.75, 3.05) is 0 Å². The van der Waals surface area contributed by atoms with Gasteiger partial charge in [-0.25, -0.2) is 0 Å². The first-order chi connectivity index (χ1) is 3.00. The van der Waals surface area contributed by atoms with Gasteiger partial charge in [0.05, 0.1) is 0 Å². The van der Waals surface area contributed by atoms with Crippen molar-refractivity contribution in [2.24, 2.45) is 0 Å². The van der Waals surface area contributed by atoms with Crippen molar-refractivity contribution in [1.29, 1.82) is 0 Å². The van der Waals surface area contributed by atoms with E-state index < -0.39 is 5.60 Å². The van der Waals surface area contributed by atoms with Gasteiger partial charge in [0.1, 0.15) is 0 Å². The van der Waals surface area contributed by atoms with Crippen LogP contribution < -0.4 is 24.0 Å². The molecule has 0 rings (SSSR count). The van der Waals surface area contributed by atoms with Crippen molar-refractivity contribution >= 4 is 17.7 Å². The molecule has 0 aromatic carbocycles. The normalized spacial score (nSPS) is 8.38. The zero-order valence-corrected chi connectivity index (χ0v) is 6.91. The SMILES string of the molecule is CC(C)(C)[O-].[Li+].[Li][CH3]. The Bertz CT molecular complexity index is 25.9. The van der Waals surface area contributed by atoms with Crippen LogP contribution in [0, 0.1) is 0 Å². The third-order valence-corrected chi connectivity index (χ3v) is 0. The van der Waals surface area contributed by atoms with Gasteiger partial charge in [0.15, 0.2) is 0 Å². The van der Waals surface area contributed by atoms with Crippen molar-refractivity contribution in [3.8, 4) is 0 Å². The van der Waals surface area contributed by atoms with Crippen molar-refractivity contribution in [3.05, 3.63) is 0 Å². The maximum absolute atomic E-state index is 10.1. The van der Waals surface area contributed by atoms with Crippen LogP contribution in [0.25, 0.3) is 0 Å². The van der Waals surface area contributed by atoms with Gasteiger partial charge in [-0.2, -0.15) is 0 Å². The molecule has 0 bridgehead atoms. The summed E-state index contributed by atoms with van der Waals surface area (Å²) in [5.74, 6) is 0. The average molecular weight is 102 g/mol. The fraction of sp³-hybridized carbons (Fsp3) is 1.00. The molecule has 0 radical (unpaired) electrons. The monoisotopic (exact) mass is 102 g/mol. The summed E-state index contributed by atoms with van der Waals surface area (Å²) in [4.78, 5) is 0. The summed E-state index contributed by atoms with van der Waals surface area (Å²) in [7, 11) is 0. The summed E-state index contributed by atoms with van der Waals surface area (Å²) in [6, 6.07) is 0. The van der Waals surface area contributed by atoms with Crippen LogP contribution in [0.5, 0.6) is 0 Å². The fourth-order valence-electron chi connectivity index (χ4n) is 0. The van der Waals surface area contributed by atoms with Crippen LogP contribution >= 0.6 is 0 Å². The average Bonchev–Trinajstić information content (AvgIpc) is 1.36. The molecule has 0 aromatic heterocycles. The van der Waals surface area contributed by atoms with Crippen molar-refractivity contribution in [2.45, 2.75) is 32.0 Å². The molecule has 0 spiro atoms. The summed E-state index contributed by atoms with van der Waals surface area (Å²) in [6.07, 6.45) is 0. The molecule has 0 fully saturated rings. The quantitative estimate of drug-likeness (QED) is 0.306. The molecule has 0 aliphatic rings. The minimum absolute atomic E-state index is 0. The maximum atomic E-state index is 10.1. The van der Waals surface area contributed by atoms with E-state index in [0.29, 0.717) is 0 Å². The van der Waals surface area contributed by atoms with Gasteiger partial charge in [0.2, 0.25) is 0 Å². The molecule has 3 heteroatoms. The Hall–Kier alpha value is 1.15. The summed E-state index contributed by atoms with van der Waals surface area (Å²) in [5, 5.41) is 10.1. The van der Waals surface area contributed by atoms with Crippen LogP contribution in [0.2, 0.25) is 5.60 Å². The molecule has 0 N–H and O–H groups in total. The zero-order chi connectivity index (χ0) is 6.50. The molecule has 1 nitrogen and oxygen atoms in total. The summed E-state index contributed by atoms with van der Waals surface area (Å²) in [5.41, 5.74) is 1.25. The number of rotatable bonds is 0. The van der Waals surface area contributed by atoms with Crippen LogP contribution in [0.3, 0.4) is 0 Å². The van der Waals surface area contributed by atoms with Gasteiger partial charge < -0.3 is 5.11 Å². The molecular formula is C5H12Li2O. The molecule has 0 aromatic rings. The molecule has 8 heavy (non-hydrogen) atoms. The van der Waals surface area contributed by atoms with Gasteiger partial charge in [-0.15, -0.1) is 5.60 Å². The first-order valence-corrected chi connectivity index (χ1v) is 2.70. The molecule has 0 atom stereocenters. The van der Waals surface area contributed by atoms with Gasteiger partial charge in [-0.3, -0.25) is 0 Å². The standard InChI is InChI=1S/C4H9O.CH3.2Li/c1-4(2,3)5;;;/h1-3H3;1H3;;/q-1;;;+1. The van der Waals surface area contributed by atoms with Gasteiger partial charge in [0.25, 0.3) is 0 Å². The van der Waals surface area contributed by atoms with Crippen LogP contribution in [-0.2, 0) is 0 Å². The molecule has 0 heterocycles. The summed E-state index contributed by atoms with van der Waals surface area (Å²) in [6.45, 7) is 4.90. The third kappa shape index (κ3) is 203. The van der Waals surface area contributed by atoms with E-state index in [0.717, 1.165) is 0 Å². The van der Waals surface area contributed by atoms with E-state index in [1.54, 1.807) is 20.8 Å². The van der Waals surface area contributed by atoms with E-state index in [-0.39, 0.29) is 18.9 Å². The molecule has 0 aliphatic carbocycles. The fourth-order valence-corrected chi connectivity index (χ4v) is 0. The molecule has 0 saturated heterocycles. The van der Waals surface area contributed by atoms with Gasteiger partial charge in [-0.05, 0) is 0 Å². The molecule has 0 aliphatic heterocycles. The summed E-state index contributed by atoms with van der Waals surface area (Å²) < 4.78 is 0. The second kappa shape index (κ2) is 8.15. The second-order valence-electron chi connectivity index (χ2n) is 2.11. The summed E-state index contributed by atoms with van der Waals surface area (Å²) >= 11 is 2.00. The molecule has 0 amide bonds. The molecule has 0 unspecified atom stereocenters. The Labute approximate surface area is 73.6 Å². The van der Waals surface area contributed by atoms with E-state index in [4.69, 9.17) is 0 Å². The van der Waals surface area contributed by atoms with E-state index in [9.17, 15) is 5.11 Å². The third-order valence-electron chi connectivity index (χ3n) is 0. The van der Waals surface area contributed by atoms with Crippen LogP contribution in [0.4, 0.5) is 0 Å². The topological polar surface area (TPSA) is 23.1 Å². The second-order valence-corrected chi connectivity index (χ2v) is 2.11. The van der Waals surface area contributed by atoms with E-state index in [2.05, 4.69) is 0 Å². The first kappa shape index (κ1) is 16.1. The van der Waals surface area contributed by atoms with E-state index in [1.807, 2.05) is 23.3 Å². The van der Waals surface area contributed by atoms with E-state index >= 15 is 0 Å². The Morgan fingerprint density at radius 1 is 1.12 bits per heavy atom. The van der Waals surface area contributed by atoms with Gasteiger partial charge >= 0.3 is 42.2 Å². The number of hydrogen-bond acceptors (Lipinski definition) is 1. The molecule has 40 valence electrons. The van der Waals surface area contributed by atoms with Gasteiger partial charge in [-0.1, -0.05) is 20.8 Å². The minimum atomic E-state index is -0.750.